The van der Waals surface area contributed by atoms with Crippen molar-refractivity contribution in [1.82, 2.24) is 4.90 Å². The zero-order valence-electron chi connectivity index (χ0n) is 17.9. The number of methoxy groups -OCH3 is 1. The van der Waals surface area contributed by atoms with Crippen LogP contribution in [0, 0.1) is 0 Å². The molecule has 3 rings (SSSR count). The molecule has 2 aromatic carbocycles. The highest BCUT2D eigenvalue weighted by atomic mass is 16.5. The van der Waals surface area contributed by atoms with Gasteiger partial charge in [-0.1, -0.05) is 31.0 Å². The van der Waals surface area contributed by atoms with Crippen molar-refractivity contribution in [3.8, 4) is 17.2 Å². The Morgan fingerprint density at radius 3 is 2.57 bits per heavy atom. The van der Waals surface area contributed by atoms with Gasteiger partial charge in [-0.3, -0.25) is 9.69 Å². The van der Waals surface area contributed by atoms with Crippen molar-refractivity contribution in [1.29, 1.82) is 0 Å². The summed E-state index contributed by atoms with van der Waals surface area (Å²) in [5.74, 6) is 1.56. The molecule has 162 valence electrons. The second kappa shape index (κ2) is 10.9. The lowest BCUT2D eigenvalue weighted by atomic mass is 10.00. The number of likely N-dealkylation sites (tertiary alicyclic amines) is 1. The number of hydrogen-bond donors (Lipinski definition) is 1. The molecule has 1 unspecified atom stereocenters. The van der Waals surface area contributed by atoms with Crippen LogP contribution in [0.3, 0.4) is 0 Å². The summed E-state index contributed by atoms with van der Waals surface area (Å²) in [6, 6.07) is 14.7. The largest absolute Gasteiger partial charge is 0.497 e. The van der Waals surface area contributed by atoms with E-state index in [9.17, 15) is 4.79 Å². The molecule has 0 aromatic heterocycles. The second-order valence-corrected chi connectivity index (χ2v) is 7.58. The van der Waals surface area contributed by atoms with Crippen molar-refractivity contribution in [3.05, 3.63) is 53.6 Å². The molecule has 0 bridgehead atoms. The van der Waals surface area contributed by atoms with Crippen LogP contribution < -0.4 is 19.9 Å². The molecule has 0 spiro atoms. The van der Waals surface area contributed by atoms with Gasteiger partial charge in [0.2, 0.25) is 0 Å². The van der Waals surface area contributed by atoms with Crippen LogP contribution in [0.5, 0.6) is 17.2 Å². The van der Waals surface area contributed by atoms with Crippen molar-refractivity contribution < 1.29 is 19.0 Å². The highest BCUT2D eigenvalue weighted by molar-refractivity contribution is 5.75. The Morgan fingerprint density at radius 1 is 1.07 bits per heavy atom. The minimum absolute atomic E-state index is 0.162. The van der Waals surface area contributed by atoms with Gasteiger partial charge in [-0.15, -0.1) is 0 Å². The van der Waals surface area contributed by atoms with E-state index in [4.69, 9.17) is 19.9 Å². The Kier molecular flexibility index (Phi) is 7.97. The highest BCUT2D eigenvalue weighted by Gasteiger charge is 2.23. The molecule has 0 radical (unpaired) electrons. The van der Waals surface area contributed by atoms with Gasteiger partial charge in [0.25, 0.3) is 5.91 Å². The Hall–Kier alpha value is -2.73. The van der Waals surface area contributed by atoms with Gasteiger partial charge in [0.15, 0.2) is 18.1 Å². The topological polar surface area (TPSA) is 74.0 Å². The molecule has 1 aliphatic heterocycles. The molecule has 1 heterocycles. The van der Waals surface area contributed by atoms with E-state index in [-0.39, 0.29) is 6.61 Å². The van der Waals surface area contributed by atoms with Crippen LogP contribution in [0.15, 0.2) is 42.5 Å². The highest BCUT2D eigenvalue weighted by Crippen LogP contribution is 2.34. The van der Waals surface area contributed by atoms with Crippen LogP contribution in [0.25, 0.3) is 0 Å². The minimum Gasteiger partial charge on any atom is -0.497 e. The summed E-state index contributed by atoms with van der Waals surface area (Å²) >= 11 is 0. The summed E-state index contributed by atoms with van der Waals surface area (Å²) in [6.07, 6.45) is 4.83. The number of carbonyl (C=O) groups is 1. The lowest BCUT2D eigenvalue weighted by Crippen LogP contribution is -2.28. The predicted octanol–water partition coefficient (Wildman–Crippen LogP) is 4.08. The molecular weight excluding hydrogens is 380 g/mol. The number of primary amides is 1. The number of nitrogens with two attached hydrogens (primary N) is 1. The molecule has 1 aliphatic rings. The Bertz CT molecular complexity index is 822. The summed E-state index contributed by atoms with van der Waals surface area (Å²) in [5.41, 5.74) is 7.68. The zero-order chi connectivity index (χ0) is 21.3. The van der Waals surface area contributed by atoms with Crippen molar-refractivity contribution in [2.24, 2.45) is 5.73 Å². The molecular formula is C24H32N2O4. The maximum absolute atomic E-state index is 11.1. The summed E-state index contributed by atoms with van der Waals surface area (Å²) < 4.78 is 16.6. The molecule has 1 atom stereocenters. The lowest BCUT2D eigenvalue weighted by Gasteiger charge is -2.30. The van der Waals surface area contributed by atoms with Crippen molar-refractivity contribution in [3.63, 3.8) is 0 Å². The van der Waals surface area contributed by atoms with E-state index in [1.54, 1.807) is 7.11 Å². The molecule has 0 aliphatic carbocycles. The Labute approximate surface area is 178 Å². The number of benzene rings is 2. The fourth-order valence-electron chi connectivity index (χ4n) is 3.98. The van der Waals surface area contributed by atoms with E-state index in [1.165, 1.54) is 24.8 Å². The number of nitrogens with zero attached hydrogens (tertiary/aromatic N) is 1. The van der Waals surface area contributed by atoms with Gasteiger partial charge in [0.05, 0.1) is 13.7 Å². The van der Waals surface area contributed by atoms with Crippen LogP contribution >= 0.6 is 0 Å². The fourth-order valence-corrected chi connectivity index (χ4v) is 3.98. The van der Waals surface area contributed by atoms with E-state index < -0.39 is 5.91 Å². The van der Waals surface area contributed by atoms with E-state index in [0.717, 1.165) is 30.8 Å². The number of hydrogen-bond acceptors (Lipinski definition) is 5. The fraction of sp³-hybridized carbons (Fsp3) is 0.458. The van der Waals surface area contributed by atoms with Gasteiger partial charge in [0.1, 0.15) is 5.75 Å². The average Bonchev–Trinajstić information content (AvgIpc) is 2.99. The van der Waals surface area contributed by atoms with Crippen molar-refractivity contribution >= 4 is 5.91 Å². The monoisotopic (exact) mass is 412 g/mol. The first kappa shape index (κ1) is 22.0. The third-order valence-electron chi connectivity index (χ3n) is 5.43. The molecule has 6 nitrogen and oxygen atoms in total. The van der Waals surface area contributed by atoms with Gasteiger partial charge in [-0.05, 0) is 61.7 Å². The number of carbonyl (C=O) groups excluding carboxylic acids is 1. The van der Waals surface area contributed by atoms with Gasteiger partial charge in [0, 0.05) is 12.6 Å². The Balaban J connectivity index is 1.79. The molecule has 30 heavy (non-hydrogen) atoms. The SMILES string of the molecule is CCOc1cc(CN2CCCCCC2c2ccc(OC)cc2)ccc1OCC(N)=O. The second-order valence-electron chi connectivity index (χ2n) is 7.58. The first-order valence-electron chi connectivity index (χ1n) is 10.7. The van der Waals surface area contributed by atoms with Crippen LogP contribution in [0.4, 0.5) is 0 Å². The van der Waals surface area contributed by atoms with Crippen LogP contribution in [-0.4, -0.2) is 37.7 Å². The summed E-state index contributed by atoms with van der Waals surface area (Å²) in [5, 5.41) is 0. The van der Waals surface area contributed by atoms with Crippen LogP contribution in [-0.2, 0) is 11.3 Å². The molecule has 1 fully saturated rings. The Morgan fingerprint density at radius 2 is 1.87 bits per heavy atom. The first-order chi connectivity index (χ1) is 14.6. The molecule has 6 heteroatoms. The molecule has 2 aromatic rings. The maximum atomic E-state index is 11.1. The van der Waals surface area contributed by atoms with Crippen LogP contribution in [0.1, 0.15) is 49.8 Å². The van der Waals surface area contributed by atoms with Crippen molar-refractivity contribution in [2.45, 2.75) is 45.2 Å². The third-order valence-corrected chi connectivity index (χ3v) is 5.43. The molecule has 2 N–H and O–H groups in total. The van der Waals surface area contributed by atoms with Gasteiger partial charge in [-0.25, -0.2) is 0 Å². The molecule has 0 saturated carbocycles. The van der Waals surface area contributed by atoms with E-state index in [0.29, 0.717) is 24.1 Å². The standard InChI is InChI=1S/C24H32N2O4/c1-3-29-23-15-18(8-13-22(23)30-17-24(25)27)16-26-14-6-4-5-7-21(26)19-9-11-20(28-2)12-10-19/h8-13,15,21H,3-7,14,16-17H2,1-2H3,(H2,25,27). The predicted molar refractivity (Wildman–Crippen MR) is 117 cm³/mol. The maximum Gasteiger partial charge on any atom is 0.255 e. The normalized spacial score (nSPS) is 17.2. The average molecular weight is 413 g/mol. The zero-order valence-corrected chi connectivity index (χ0v) is 17.9. The molecule has 1 amide bonds. The quantitative estimate of drug-likeness (QED) is 0.672. The smallest absolute Gasteiger partial charge is 0.255 e. The van der Waals surface area contributed by atoms with Gasteiger partial charge < -0.3 is 19.9 Å². The van der Waals surface area contributed by atoms with Gasteiger partial charge in [-0.2, -0.15) is 0 Å². The van der Waals surface area contributed by atoms with Gasteiger partial charge >= 0.3 is 0 Å². The minimum atomic E-state index is -0.506. The molecule has 1 saturated heterocycles. The third kappa shape index (κ3) is 5.89. The van der Waals surface area contributed by atoms with Crippen LogP contribution in [0.2, 0.25) is 0 Å². The van der Waals surface area contributed by atoms with Crippen molar-refractivity contribution in [2.75, 3.05) is 26.9 Å². The number of amides is 1. The summed E-state index contributed by atoms with van der Waals surface area (Å²) in [6.45, 7) is 4.17. The number of ether oxygens (including phenoxy) is 3. The van der Waals surface area contributed by atoms with E-state index >= 15 is 0 Å². The first-order valence-corrected chi connectivity index (χ1v) is 10.7. The number of rotatable bonds is 9. The lowest BCUT2D eigenvalue weighted by molar-refractivity contribution is -0.119. The van der Waals surface area contributed by atoms with E-state index in [1.807, 2.05) is 37.3 Å². The summed E-state index contributed by atoms with van der Waals surface area (Å²) in [4.78, 5) is 13.6. The van der Waals surface area contributed by atoms with E-state index in [2.05, 4.69) is 17.0 Å². The summed E-state index contributed by atoms with van der Waals surface area (Å²) in [7, 11) is 1.69.